The maximum atomic E-state index is 12.8. The Hall–Kier alpha value is -1.42. The maximum Gasteiger partial charge on any atom is 0.320 e. The molecular formula is C14H20FNO2. The van der Waals surface area contributed by atoms with Crippen LogP contribution in [0.1, 0.15) is 26.3 Å². The van der Waals surface area contributed by atoms with E-state index in [1.54, 1.807) is 12.1 Å². The molecule has 0 fully saturated rings. The van der Waals surface area contributed by atoms with Crippen LogP contribution in [0.2, 0.25) is 0 Å². The summed E-state index contributed by atoms with van der Waals surface area (Å²) in [6, 6.07) is 5.75. The van der Waals surface area contributed by atoms with Gasteiger partial charge in [-0.05, 0) is 37.0 Å². The van der Waals surface area contributed by atoms with Gasteiger partial charge in [-0.2, -0.15) is 0 Å². The molecule has 0 aliphatic heterocycles. The lowest BCUT2D eigenvalue weighted by atomic mass is 10.0. The highest BCUT2D eigenvalue weighted by Crippen LogP contribution is 2.08. The molecule has 1 rings (SSSR count). The van der Waals surface area contributed by atoms with Crippen LogP contribution in [0.25, 0.3) is 0 Å². The second-order valence-corrected chi connectivity index (χ2v) is 4.96. The largest absolute Gasteiger partial charge is 0.480 e. The minimum absolute atomic E-state index is 0.0261. The highest BCUT2D eigenvalue weighted by molar-refractivity contribution is 5.73. The van der Waals surface area contributed by atoms with Crippen molar-refractivity contribution in [2.75, 3.05) is 0 Å². The number of nitrogens with one attached hydrogen (secondary N) is 1. The number of hydrogen-bond acceptors (Lipinski definition) is 2. The Morgan fingerprint density at radius 1 is 1.28 bits per heavy atom. The van der Waals surface area contributed by atoms with E-state index in [1.165, 1.54) is 12.1 Å². The van der Waals surface area contributed by atoms with E-state index in [0.717, 1.165) is 5.56 Å². The van der Waals surface area contributed by atoms with Gasteiger partial charge >= 0.3 is 5.97 Å². The van der Waals surface area contributed by atoms with Crippen molar-refractivity contribution in [3.05, 3.63) is 35.6 Å². The quantitative estimate of drug-likeness (QED) is 0.818. The molecule has 0 spiro atoms. The molecule has 0 saturated heterocycles. The Morgan fingerprint density at radius 3 is 2.28 bits per heavy atom. The molecule has 0 radical (unpaired) electrons. The molecule has 2 atom stereocenters. The van der Waals surface area contributed by atoms with Gasteiger partial charge < -0.3 is 10.4 Å². The predicted molar refractivity (Wildman–Crippen MR) is 69.0 cm³/mol. The molecule has 1 aromatic carbocycles. The van der Waals surface area contributed by atoms with Crippen LogP contribution in [-0.2, 0) is 11.2 Å². The summed E-state index contributed by atoms with van der Waals surface area (Å²) >= 11 is 0. The Balaban J connectivity index is 2.57. The smallest absolute Gasteiger partial charge is 0.320 e. The number of halogens is 1. The van der Waals surface area contributed by atoms with Gasteiger partial charge in [0.15, 0.2) is 0 Å². The second kappa shape index (κ2) is 6.50. The van der Waals surface area contributed by atoms with Crippen LogP contribution in [0, 0.1) is 11.7 Å². The van der Waals surface area contributed by atoms with Crippen LogP contribution in [-0.4, -0.2) is 23.2 Å². The lowest BCUT2D eigenvalue weighted by molar-refractivity contribution is -0.140. The summed E-state index contributed by atoms with van der Waals surface area (Å²) in [4.78, 5) is 11.1. The number of benzene rings is 1. The summed E-state index contributed by atoms with van der Waals surface area (Å²) in [6.07, 6.45) is 0.677. The first-order valence-corrected chi connectivity index (χ1v) is 6.13. The van der Waals surface area contributed by atoms with Crippen LogP contribution in [0.15, 0.2) is 24.3 Å². The van der Waals surface area contributed by atoms with E-state index in [0.29, 0.717) is 6.42 Å². The Kier molecular flexibility index (Phi) is 5.28. The fourth-order valence-electron chi connectivity index (χ4n) is 1.89. The van der Waals surface area contributed by atoms with Gasteiger partial charge in [0, 0.05) is 6.04 Å². The standard InChI is InChI=1S/C14H20FNO2/c1-9(2)13(14(17)18)16-10(3)8-11-4-6-12(15)7-5-11/h4-7,9-10,13,16H,8H2,1-3H3,(H,17,18). The van der Waals surface area contributed by atoms with Gasteiger partial charge in [-0.3, -0.25) is 4.79 Å². The van der Waals surface area contributed by atoms with Gasteiger partial charge in [0.05, 0.1) is 0 Å². The molecule has 2 N–H and O–H groups in total. The summed E-state index contributed by atoms with van der Waals surface area (Å²) in [5.74, 6) is -1.07. The van der Waals surface area contributed by atoms with Gasteiger partial charge in [0.2, 0.25) is 0 Å². The fraction of sp³-hybridized carbons (Fsp3) is 0.500. The molecule has 18 heavy (non-hydrogen) atoms. The second-order valence-electron chi connectivity index (χ2n) is 4.96. The van der Waals surface area contributed by atoms with Crippen LogP contribution >= 0.6 is 0 Å². The maximum absolute atomic E-state index is 12.8. The number of carbonyl (C=O) groups is 1. The van der Waals surface area contributed by atoms with E-state index in [-0.39, 0.29) is 17.8 Å². The fourth-order valence-corrected chi connectivity index (χ4v) is 1.89. The van der Waals surface area contributed by atoms with Crippen LogP contribution in [0.3, 0.4) is 0 Å². The zero-order chi connectivity index (χ0) is 13.7. The first-order chi connectivity index (χ1) is 8.40. The van der Waals surface area contributed by atoms with E-state index in [2.05, 4.69) is 5.32 Å². The van der Waals surface area contributed by atoms with Crippen molar-refractivity contribution in [2.24, 2.45) is 5.92 Å². The van der Waals surface area contributed by atoms with Crippen molar-refractivity contribution >= 4 is 5.97 Å². The summed E-state index contributed by atoms with van der Waals surface area (Å²) in [6.45, 7) is 5.68. The first-order valence-electron chi connectivity index (χ1n) is 6.13. The number of aliphatic carboxylic acids is 1. The molecule has 1 aromatic rings. The topological polar surface area (TPSA) is 49.3 Å². The third-order valence-electron chi connectivity index (χ3n) is 2.85. The van der Waals surface area contributed by atoms with Crippen molar-refractivity contribution in [2.45, 2.75) is 39.3 Å². The Labute approximate surface area is 107 Å². The molecule has 0 saturated carbocycles. The normalized spacial score (nSPS) is 14.5. The van der Waals surface area contributed by atoms with Gasteiger partial charge in [-0.1, -0.05) is 26.0 Å². The van der Waals surface area contributed by atoms with Gasteiger partial charge in [-0.25, -0.2) is 4.39 Å². The summed E-state index contributed by atoms with van der Waals surface area (Å²) in [5.41, 5.74) is 0.990. The van der Waals surface area contributed by atoms with Crippen LogP contribution in [0.5, 0.6) is 0 Å². The third kappa shape index (κ3) is 4.45. The molecule has 0 heterocycles. The van der Waals surface area contributed by atoms with E-state index >= 15 is 0 Å². The van der Waals surface area contributed by atoms with E-state index < -0.39 is 12.0 Å². The molecule has 100 valence electrons. The molecule has 2 unspecified atom stereocenters. The first kappa shape index (κ1) is 14.6. The monoisotopic (exact) mass is 253 g/mol. The van der Waals surface area contributed by atoms with Crippen molar-refractivity contribution in [3.63, 3.8) is 0 Å². The minimum atomic E-state index is -0.837. The molecule has 0 aromatic heterocycles. The average Bonchev–Trinajstić information content (AvgIpc) is 2.28. The predicted octanol–water partition coefficient (Wildman–Crippen LogP) is 2.46. The number of rotatable bonds is 6. The lowest BCUT2D eigenvalue weighted by Gasteiger charge is -2.23. The highest BCUT2D eigenvalue weighted by atomic mass is 19.1. The van der Waals surface area contributed by atoms with Gasteiger partial charge in [-0.15, -0.1) is 0 Å². The lowest BCUT2D eigenvalue weighted by Crippen LogP contribution is -2.46. The van der Waals surface area contributed by atoms with Gasteiger partial charge in [0.25, 0.3) is 0 Å². The number of carboxylic acids is 1. The number of carboxylic acid groups (broad SMARTS) is 1. The number of hydrogen-bond donors (Lipinski definition) is 2. The summed E-state index contributed by atoms with van der Waals surface area (Å²) in [7, 11) is 0. The van der Waals surface area contributed by atoms with Crippen LogP contribution in [0.4, 0.5) is 4.39 Å². The molecule has 3 nitrogen and oxygen atoms in total. The molecule has 0 aliphatic rings. The summed E-state index contributed by atoms with van der Waals surface area (Å²) in [5, 5.41) is 12.2. The zero-order valence-corrected chi connectivity index (χ0v) is 11.0. The van der Waals surface area contributed by atoms with Gasteiger partial charge in [0.1, 0.15) is 11.9 Å². The van der Waals surface area contributed by atoms with Crippen molar-refractivity contribution in [3.8, 4) is 0 Å². The van der Waals surface area contributed by atoms with Crippen molar-refractivity contribution in [1.82, 2.24) is 5.32 Å². The SMILES string of the molecule is CC(Cc1ccc(F)cc1)NC(C(=O)O)C(C)C. The molecule has 0 aliphatic carbocycles. The van der Waals surface area contributed by atoms with Crippen molar-refractivity contribution < 1.29 is 14.3 Å². The average molecular weight is 253 g/mol. The van der Waals surface area contributed by atoms with E-state index in [4.69, 9.17) is 5.11 Å². The minimum Gasteiger partial charge on any atom is -0.480 e. The van der Waals surface area contributed by atoms with Crippen molar-refractivity contribution in [1.29, 1.82) is 0 Å². The molecule has 0 amide bonds. The summed E-state index contributed by atoms with van der Waals surface area (Å²) < 4.78 is 12.8. The zero-order valence-electron chi connectivity index (χ0n) is 11.0. The molecule has 0 bridgehead atoms. The Bertz CT molecular complexity index is 389. The third-order valence-corrected chi connectivity index (χ3v) is 2.85. The molecule has 4 heteroatoms. The highest BCUT2D eigenvalue weighted by Gasteiger charge is 2.22. The Morgan fingerprint density at radius 2 is 1.83 bits per heavy atom. The van der Waals surface area contributed by atoms with E-state index in [1.807, 2.05) is 20.8 Å². The molecular weight excluding hydrogens is 233 g/mol. The van der Waals surface area contributed by atoms with E-state index in [9.17, 15) is 9.18 Å². The van der Waals surface area contributed by atoms with Crippen LogP contribution < -0.4 is 5.32 Å².